The van der Waals surface area contributed by atoms with E-state index in [1.807, 2.05) is 60.7 Å². The fourth-order valence-corrected chi connectivity index (χ4v) is 6.10. The second kappa shape index (κ2) is 14.5. The van der Waals surface area contributed by atoms with Gasteiger partial charge in [-0.05, 0) is 28.8 Å². The highest BCUT2D eigenvalue weighted by atomic mass is 16.7. The van der Waals surface area contributed by atoms with Crippen molar-refractivity contribution < 1.29 is 38.4 Å². The van der Waals surface area contributed by atoms with Crippen molar-refractivity contribution >= 4 is 23.6 Å². The minimum atomic E-state index is -1.04. The Labute approximate surface area is 268 Å². The quantitative estimate of drug-likeness (QED) is 0.339. The van der Waals surface area contributed by atoms with Gasteiger partial charge < -0.3 is 29.4 Å². The molecular formula is C35H39N3O8. The number of aliphatic hydroxyl groups excluding tert-OH is 1. The molecule has 0 saturated carbocycles. The predicted octanol–water partition coefficient (Wildman–Crippen LogP) is 3.86. The molecule has 3 heterocycles. The van der Waals surface area contributed by atoms with Gasteiger partial charge in [-0.1, -0.05) is 73.7 Å². The average molecular weight is 630 g/mol. The fraction of sp³-hybridized carbons (Fsp3) is 0.400. The third-order valence-corrected chi connectivity index (χ3v) is 8.72. The first-order chi connectivity index (χ1) is 22.4. The van der Waals surface area contributed by atoms with E-state index in [-0.39, 0.29) is 37.8 Å². The third kappa shape index (κ3) is 7.30. The summed E-state index contributed by atoms with van der Waals surface area (Å²) in [6, 6.07) is 22.9. The van der Waals surface area contributed by atoms with Gasteiger partial charge in [-0.25, -0.2) is 9.69 Å². The number of anilines is 1. The van der Waals surface area contributed by atoms with Crippen LogP contribution in [-0.2, 0) is 41.8 Å². The van der Waals surface area contributed by atoms with Gasteiger partial charge in [0.15, 0.2) is 6.29 Å². The number of carbonyl (C=O) groups is 3. The number of nitrogens with zero attached hydrogens (tertiary/aromatic N) is 2. The van der Waals surface area contributed by atoms with Crippen LogP contribution in [0.5, 0.6) is 0 Å². The molecule has 3 aromatic carbocycles. The van der Waals surface area contributed by atoms with Gasteiger partial charge in [-0.15, -0.1) is 0 Å². The molecule has 3 amide bonds. The molecule has 3 aliphatic heterocycles. The number of alkyl carbamates (subject to hydrolysis) is 1. The van der Waals surface area contributed by atoms with Crippen LogP contribution in [-0.4, -0.2) is 72.9 Å². The van der Waals surface area contributed by atoms with Crippen LogP contribution in [0.2, 0.25) is 0 Å². The van der Waals surface area contributed by atoms with Crippen molar-refractivity contribution in [3.63, 3.8) is 0 Å². The van der Waals surface area contributed by atoms with Crippen LogP contribution in [0.25, 0.3) is 0 Å². The molecule has 1 unspecified atom stereocenters. The van der Waals surface area contributed by atoms with E-state index < -0.39 is 30.2 Å². The lowest BCUT2D eigenvalue weighted by Crippen LogP contribution is -2.47. The zero-order valence-corrected chi connectivity index (χ0v) is 25.7. The Bertz CT molecular complexity index is 1510. The van der Waals surface area contributed by atoms with E-state index >= 15 is 0 Å². The smallest absolute Gasteiger partial charge is 0.408 e. The third-order valence-electron chi connectivity index (χ3n) is 8.72. The highest BCUT2D eigenvalue weighted by molar-refractivity contribution is 6.22. The lowest BCUT2D eigenvalue weighted by molar-refractivity contribution is -0.277. The first-order valence-corrected chi connectivity index (χ1v) is 15.6. The van der Waals surface area contributed by atoms with Crippen LogP contribution in [0.4, 0.5) is 10.5 Å². The molecule has 242 valence electrons. The first kappa shape index (κ1) is 31.8. The first-order valence-electron chi connectivity index (χ1n) is 15.6. The van der Waals surface area contributed by atoms with Crippen molar-refractivity contribution in [1.82, 2.24) is 10.2 Å². The summed E-state index contributed by atoms with van der Waals surface area (Å²) < 4.78 is 24.0. The number of carbonyl (C=O) groups excluding carboxylic acids is 3. The molecule has 3 saturated heterocycles. The number of ether oxygens (including phenoxy) is 4. The number of rotatable bonds is 9. The standard InChI is InChI=1S/C35H39N3O8/c1-23-30(20-37-14-16-43-17-15-37)45-34(46-32(23)26-12-10-24(21-39)11-13-26)27-8-5-9-28(18-27)38-31(40)19-29(33(38)41)36-35(42)44-22-25-6-3-2-4-7-25/h2-13,18,23,29-30,32,34,39H,14-17,19-22H2,1H3,(H,36,42)/t23-,29?,30+,32+,34+/m0/s1. The largest absolute Gasteiger partial charge is 0.445 e. The maximum atomic E-state index is 13.4. The number of benzene rings is 3. The van der Waals surface area contributed by atoms with Gasteiger partial charge in [0.2, 0.25) is 5.91 Å². The SMILES string of the molecule is C[C@H]1[C@@H](CN2CCOCC2)O[C@@H](c2cccc(N3C(=O)CC(NC(=O)OCc4ccccc4)C3=O)c2)O[C@H]1c1ccc(CO)cc1. The van der Waals surface area contributed by atoms with E-state index in [9.17, 15) is 19.5 Å². The maximum Gasteiger partial charge on any atom is 0.408 e. The molecule has 2 N–H and O–H groups in total. The molecule has 3 aliphatic rings. The topological polar surface area (TPSA) is 127 Å². The molecule has 0 aliphatic carbocycles. The molecule has 6 rings (SSSR count). The lowest BCUT2D eigenvalue weighted by atomic mass is 9.90. The average Bonchev–Trinajstić information content (AvgIpc) is 3.37. The predicted molar refractivity (Wildman–Crippen MR) is 167 cm³/mol. The summed E-state index contributed by atoms with van der Waals surface area (Å²) in [5, 5.41) is 12.1. The van der Waals surface area contributed by atoms with Gasteiger partial charge >= 0.3 is 6.09 Å². The highest BCUT2D eigenvalue weighted by Crippen LogP contribution is 2.42. The number of imide groups is 1. The molecule has 11 heteroatoms. The molecule has 0 spiro atoms. The van der Waals surface area contributed by atoms with Gasteiger partial charge in [0, 0.05) is 31.1 Å². The van der Waals surface area contributed by atoms with Crippen molar-refractivity contribution in [2.75, 3.05) is 37.7 Å². The minimum absolute atomic E-state index is 0.0115. The summed E-state index contributed by atoms with van der Waals surface area (Å²) in [4.78, 5) is 42.3. The maximum absolute atomic E-state index is 13.4. The molecule has 46 heavy (non-hydrogen) atoms. The van der Waals surface area contributed by atoms with Crippen molar-refractivity contribution in [3.05, 3.63) is 101 Å². The summed E-state index contributed by atoms with van der Waals surface area (Å²) in [5.74, 6) is -0.955. The fourth-order valence-electron chi connectivity index (χ4n) is 6.10. The van der Waals surface area contributed by atoms with Gasteiger partial charge in [0.25, 0.3) is 5.91 Å². The number of nitrogens with one attached hydrogen (secondary N) is 1. The van der Waals surface area contributed by atoms with E-state index in [2.05, 4.69) is 17.1 Å². The number of morpholine rings is 1. The van der Waals surface area contributed by atoms with Gasteiger partial charge in [0.1, 0.15) is 12.6 Å². The van der Waals surface area contributed by atoms with Gasteiger partial charge in [0.05, 0.1) is 44.1 Å². The Balaban J connectivity index is 1.18. The van der Waals surface area contributed by atoms with E-state index in [4.69, 9.17) is 18.9 Å². The van der Waals surface area contributed by atoms with E-state index in [0.29, 0.717) is 31.0 Å². The summed E-state index contributed by atoms with van der Waals surface area (Å²) in [6.07, 6.45) is -2.18. The molecule has 5 atom stereocenters. The number of hydrogen-bond acceptors (Lipinski definition) is 9. The lowest BCUT2D eigenvalue weighted by Gasteiger charge is -2.43. The van der Waals surface area contributed by atoms with E-state index in [1.165, 1.54) is 0 Å². The normalized spacial score (nSPS) is 25.4. The van der Waals surface area contributed by atoms with Crippen LogP contribution in [0.15, 0.2) is 78.9 Å². The molecule has 0 aromatic heterocycles. The van der Waals surface area contributed by atoms with Gasteiger partial charge in [-0.3, -0.25) is 14.5 Å². The molecule has 3 fully saturated rings. The molecule has 0 radical (unpaired) electrons. The molecule has 11 nitrogen and oxygen atoms in total. The summed E-state index contributed by atoms with van der Waals surface area (Å²) in [7, 11) is 0. The van der Waals surface area contributed by atoms with Crippen molar-refractivity contribution in [2.24, 2.45) is 5.92 Å². The Hall–Kier alpha value is -4.13. The van der Waals surface area contributed by atoms with Crippen molar-refractivity contribution in [2.45, 2.75) is 51.1 Å². The molecular weight excluding hydrogens is 590 g/mol. The zero-order valence-electron chi connectivity index (χ0n) is 25.7. The monoisotopic (exact) mass is 629 g/mol. The summed E-state index contributed by atoms with van der Waals surface area (Å²) in [6.45, 7) is 5.80. The van der Waals surface area contributed by atoms with Gasteiger partial charge in [-0.2, -0.15) is 0 Å². The zero-order chi connectivity index (χ0) is 32.0. The van der Waals surface area contributed by atoms with Crippen LogP contribution in [0.3, 0.4) is 0 Å². The van der Waals surface area contributed by atoms with E-state index in [0.717, 1.165) is 34.7 Å². The minimum Gasteiger partial charge on any atom is -0.445 e. The Morgan fingerprint density at radius 3 is 2.43 bits per heavy atom. The second-order valence-corrected chi connectivity index (χ2v) is 11.9. The Morgan fingerprint density at radius 1 is 0.935 bits per heavy atom. The summed E-state index contributed by atoms with van der Waals surface area (Å²) in [5.41, 5.74) is 3.62. The number of hydrogen-bond donors (Lipinski definition) is 2. The Morgan fingerprint density at radius 2 is 1.70 bits per heavy atom. The van der Waals surface area contributed by atoms with Crippen molar-refractivity contribution in [3.8, 4) is 0 Å². The van der Waals surface area contributed by atoms with Crippen LogP contribution < -0.4 is 10.2 Å². The second-order valence-electron chi connectivity index (χ2n) is 11.9. The van der Waals surface area contributed by atoms with Crippen LogP contribution in [0.1, 0.15) is 48.0 Å². The van der Waals surface area contributed by atoms with Crippen LogP contribution >= 0.6 is 0 Å². The van der Waals surface area contributed by atoms with E-state index in [1.54, 1.807) is 18.2 Å². The number of aliphatic hydroxyl groups is 1. The molecule has 3 aromatic rings. The summed E-state index contributed by atoms with van der Waals surface area (Å²) >= 11 is 0. The molecule has 0 bridgehead atoms. The van der Waals surface area contributed by atoms with Crippen molar-refractivity contribution in [1.29, 1.82) is 0 Å². The van der Waals surface area contributed by atoms with Crippen LogP contribution in [0, 0.1) is 5.92 Å². The number of amides is 3. The highest BCUT2D eigenvalue weighted by Gasteiger charge is 2.42. The Kier molecular flexibility index (Phi) is 10.1.